The second-order valence-electron chi connectivity index (χ2n) is 6.69. The van der Waals surface area contributed by atoms with Crippen molar-refractivity contribution in [3.05, 3.63) is 108 Å². The topological polar surface area (TPSA) is 49.0 Å². The van der Waals surface area contributed by atoms with Crippen molar-refractivity contribution in [3.8, 4) is 11.3 Å². The molecule has 0 unspecified atom stereocenters. The summed E-state index contributed by atoms with van der Waals surface area (Å²) in [4.78, 5) is 15.1. The second-order valence-corrected chi connectivity index (χ2v) is 6.69. The van der Waals surface area contributed by atoms with E-state index in [1.807, 2.05) is 60.7 Å². The van der Waals surface area contributed by atoms with Crippen LogP contribution in [0.25, 0.3) is 11.3 Å². The van der Waals surface area contributed by atoms with E-state index in [0.29, 0.717) is 11.4 Å². The molecular weight excluding hydrogens is 353 g/mol. The van der Waals surface area contributed by atoms with Crippen LogP contribution in [0, 0.1) is 5.82 Å². The van der Waals surface area contributed by atoms with Crippen LogP contribution in [0.15, 0.2) is 84.9 Å². The number of aromatic amines is 1. The van der Waals surface area contributed by atoms with Crippen LogP contribution in [0.1, 0.15) is 27.7 Å². The van der Waals surface area contributed by atoms with E-state index in [-0.39, 0.29) is 17.8 Å². The maximum absolute atomic E-state index is 13.4. The molecule has 0 saturated heterocycles. The fourth-order valence-electron chi connectivity index (χ4n) is 3.78. The van der Waals surface area contributed by atoms with Crippen LogP contribution >= 0.6 is 0 Å². The van der Waals surface area contributed by atoms with Gasteiger partial charge in [-0.2, -0.15) is 5.10 Å². The summed E-state index contributed by atoms with van der Waals surface area (Å²) in [5.41, 5.74) is 4.51. The maximum Gasteiger partial charge on any atom is 0.277 e. The molecule has 1 amide bonds. The lowest BCUT2D eigenvalue weighted by molar-refractivity contribution is 0.0989. The molecule has 5 heteroatoms. The van der Waals surface area contributed by atoms with Crippen LogP contribution in [-0.4, -0.2) is 16.1 Å². The van der Waals surface area contributed by atoms with Gasteiger partial charge in [0.15, 0.2) is 0 Å². The average molecular weight is 369 g/mol. The molecule has 2 heterocycles. The summed E-state index contributed by atoms with van der Waals surface area (Å²) in [5.74, 6) is -0.437. The predicted octanol–water partition coefficient (Wildman–Crippen LogP) is 4.97. The van der Waals surface area contributed by atoms with E-state index in [1.165, 1.54) is 12.1 Å². The van der Waals surface area contributed by atoms with Gasteiger partial charge in [-0.05, 0) is 42.0 Å². The standard InChI is InChI=1S/C23H16FN3O/c24-17-13-11-15(12-14-17)20-19-21(26-25-20)23(28)27(18-9-5-2-6-10-18)22(19)16-7-3-1-4-8-16/h1-14,22H,(H,25,26)/t22-/m1/s1. The number of nitrogens with one attached hydrogen (secondary N) is 1. The van der Waals surface area contributed by atoms with Crippen molar-refractivity contribution in [2.24, 2.45) is 0 Å². The number of hydrogen-bond acceptors (Lipinski definition) is 2. The lowest BCUT2D eigenvalue weighted by Gasteiger charge is -2.26. The Labute approximate surface area is 161 Å². The minimum absolute atomic E-state index is 0.129. The van der Waals surface area contributed by atoms with Gasteiger partial charge in [0.1, 0.15) is 11.5 Å². The molecule has 1 aliphatic heterocycles. The molecule has 0 saturated carbocycles. The molecule has 4 aromatic rings. The zero-order valence-electron chi connectivity index (χ0n) is 14.8. The molecule has 136 valence electrons. The highest BCUT2D eigenvalue weighted by Crippen LogP contribution is 2.44. The summed E-state index contributed by atoms with van der Waals surface area (Å²) >= 11 is 0. The quantitative estimate of drug-likeness (QED) is 0.554. The van der Waals surface area contributed by atoms with Crippen LogP contribution in [-0.2, 0) is 0 Å². The fourth-order valence-corrected chi connectivity index (χ4v) is 3.78. The Morgan fingerprint density at radius 2 is 1.50 bits per heavy atom. The zero-order valence-corrected chi connectivity index (χ0v) is 14.8. The molecule has 0 aliphatic carbocycles. The summed E-state index contributed by atoms with van der Waals surface area (Å²) in [6, 6.07) is 25.3. The fraction of sp³-hybridized carbons (Fsp3) is 0.0435. The van der Waals surface area contributed by atoms with Gasteiger partial charge in [0.2, 0.25) is 0 Å². The van der Waals surface area contributed by atoms with Crippen molar-refractivity contribution in [3.63, 3.8) is 0 Å². The van der Waals surface area contributed by atoms with Gasteiger partial charge in [-0.15, -0.1) is 0 Å². The number of hydrogen-bond donors (Lipinski definition) is 1. The molecule has 28 heavy (non-hydrogen) atoms. The summed E-state index contributed by atoms with van der Waals surface area (Å²) in [6.07, 6.45) is 0. The first-order chi connectivity index (χ1) is 13.7. The van der Waals surface area contributed by atoms with Gasteiger partial charge < -0.3 is 0 Å². The molecule has 1 aliphatic rings. The number of halogens is 1. The summed E-state index contributed by atoms with van der Waals surface area (Å²) < 4.78 is 13.4. The molecule has 0 spiro atoms. The van der Waals surface area contributed by atoms with Crippen LogP contribution < -0.4 is 4.90 Å². The minimum atomic E-state index is -0.315. The normalized spacial score (nSPS) is 15.7. The SMILES string of the molecule is O=C1c2[nH]nc(-c3ccc(F)cc3)c2[C@@H](c2ccccc2)N1c1ccccc1. The van der Waals surface area contributed by atoms with Crippen molar-refractivity contribution in [1.29, 1.82) is 0 Å². The number of anilines is 1. The molecule has 5 rings (SSSR count). The van der Waals surface area contributed by atoms with E-state index < -0.39 is 0 Å². The van der Waals surface area contributed by atoms with Crippen molar-refractivity contribution in [2.75, 3.05) is 4.90 Å². The monoisotopic (exact) mass is 369 g/mol. The van der Waals surface area contributed by atoms with E-state index >= 15 is 0 Å². The number of aromatic nitrogens is 2. The number of rotatable bonds is 3. The van der Waals surface area contributed by atoms with E-state index in [1.54, 1.807) is 17.0 Å². The molecule has 4 nitrogen and oxygen atoms in total. The molecular formula is C23H16FN3O. The molecule has 0 fully saturated rings. The molecule has 3 aromatic carbocycles. The molecule has 1 aromatic heterocycles. The van der Waals surface area contributed by atoms with Crippen LogP contribution in [0.3, 0.4) is 0 Å². The van der Waals surface area contributed by atoms with Crippen molar-refractivity contribution in [2.45, 2.75) is 6.04 Å². The van der Waals surface area contributed by atoms with Crippen molar-refractivity contribution >= 4 is 11.6 Å². The number of amides is 1. The third kappa shape index (κ3) is 2.52. The van der Waals surface area contributed by atoms with E-state index in [2.05, 4.69) is 10.2 Å². The summed E-state index contributed by atoms with van der Waals surface area (Å²) in [7, 11) is 0. The van der Waals surface area contributed by atoms with Gasteiger partial charge in [-0.3, -0.25) is 14.8 Å². The van der Waals surface area contributed by atoms with Crippen LogP contribution in [0.5, 0.6) is 0 Å². The van der Waals surface area contributed by atoms with Crippen LogP contribution in [0.4, 0.5) is 10.1 Å². The van der Waals surface area contributed by atoms with Crippen molar-refractivity contribution in [1.82, 2.24) is 10.2 Å². The Morgan fingerprint density at radius 1 is 0.857 bits per heavy atom. The first-order valence-corrected chi connectivity index (χ1v) is 9.02. The van der Waals surface area contributed by atoms with Crippen LogP contribution in [0.2, 0.25) is 0 Å². The third-order valence-electron chi connectivity index (χ3n) is 5.04. The minimum Gasteiger partial charge on any atom is -0.295 e. The Bertz CT molecular complexity index is 1140. The van der Waals surface area contributed by atoms with Gasteiger partial charge >= 0.3 is 0 Å². The highest BCUT2D eigenvalue weighted by atomic mass is 19.1. The Hall–Kier alpha value is -3.73. The Kier molecular flexibility index (Phi) is 3.79. The zero-order chi connectivity index (χ0) is 19.1. The third-order valence-corrected chi connectivity index (χ3v) is 5.04. The molecule has 0 radical (unpaired) electrons. The smallest absolute Gasteiger partial charge is 0.277 e. The van der Waals surface area contributed by atoms with Gasteiger partial charge in [-0.25, -0.2) is 4.39 Å². The van der Waals surface area contributed by atoms with Crippen molar-refractivity contribution < 1.29 is 9.18 Å². The lowest BCUT2D eigenvalue weighted by atomic mass is 9.96. The lowest BCUT2D eigenvalue weighted by Crippen LogP contribution is -2.29. The van der Waals surface area contributed by atoms with E-state index in [9.17, 15) is 9.18 Å². The Morgan fingerprint density at radius 3 is 2.18 bits per heavy atom. The van der Waals surface area contributed by atoms with E-state index in [0.717, 1.165) is 22.4 Å². The number of H-pyrrole nitrogens is 1. The molecule has 0 bridgehead atoms. The number of nitrogens with zero attached hydrogens (tertiary/aromatic N) is 2. The highest BCUT2D eigenvalue weighted by Gasteiger charge is 2.42. The van der Waals surface area contributed by atoms with Gasteiger partial charge in [0.25, 0.3) is 5.91 Å². The number of carbonyl (C=O) groups is 1. The average Bonchev–Trinajstić information content (AvgIpc) is 3.29. The number of para-hydroxylation sites is 1. The maximum atomic E-state index is 13.4. The number of fused-ring (bicyclic) bond motifs is 1. The first-order valence-electron chi connectivity index (χ1n) is 9.02. The highest BCUT2D eigenvalue weighted by molar-refractivity contribution is 6.11. The largest absolute Gasteiger partial charge is 0.295 e. The first kappa shape index (κ1) is 16.4. The number of carbonyl (C=O) groups excluding carboxylic acids is 1. The summed E-state index contributed by atoms with van der Waals surface area (Å²) in [6.45, 7) is 0. The van der Waals surface area contributed by atoms with Gasteiger partial charge in [0, 0.05) is 16.8 Å². The predicted molar refractivity (Wildman–Crippen MR) is 106 cm³/mol. The Balaban J connectivity index is 1.72. The van der Waals surface area contributed by atoms with E-state index in [4.69, 9.17) is 0 Å². The molecule has 1 N–H and O–H groups in total. The number of benzene rings is 3. The van der Waals surface area contributed by atoms with Gasteiger partial charge in [0.05, 0.1) is 11.7 Å². The second kappa shape index (κ2) is 6.46. The summed E-state index contributed by atoms with van der Waals surface area (Å²) in [5, 5.41) is 7.31. The molecule has 1 atom stereocenters. The van der Waals surface area contributed by atoms with Gasteiger partial charge in [-0.1, -0.05) is 48.5 Å².